The third-order valence-electron chi connectivity index (χ3n) is 3.45. The molecule has 0 aliphatic carbocycles. The lowest BCUT2D eigenvalue weighted by Crippen LogP contribution is -1.87. The molecule has 0 aliphatic rings. The van der Waals surface area contributed by atoms with E-state index in [1.54, 1.807) is 0 Å². The van der Waals surface area contributed by atoms with Crippen molar-refractivity contribution in [3.8, 4) is 11.1 Å². The van der Waals surface area contributed by atoms with Crippen LogP contribution in [0.1, 0.15) is 5.56 Å². The van der Waals surface area contributed by atoms with Gasteiger partial charge >= 0.3 is 0 Å². The summed E-state index contributed by atoms with van der Waals surface area (Å²) in [5.41, 5.74) is 4.85. The summed E-state index contributed by atoms with van der Waals surface area (Å²) in [7, 11) is 0. The number of aromatic nitrogens is 4. The van der Waals surface area contributed by atoms with Crippen LogP contribution >= 0.6 is 11.7 Å². The van der Waals surface area contributed by atoms with Gasteiger partial charge in [-0.15, -0.1) is 0 Å². The molecule has 1 aromatic carbocycles. The van der Waals surface area contributed by atoms with Gasteiger partial charge in [0.15, 0.2) is 5.65 Å². The van der Waals surface area contributed by atoms with Crippen molar-refractivity contribution in [2.24, 2.45) is 0 Å². The van der Waals surface area contributed by atoms with Crippen LogP contribution in [-0.4, -0.2) is 18.7 Å². The summed E-state index contributed by atoms with van der Waals surface area (Å²) in [6, 6.07) is 8.30. The third-order valence-corrected chi connectivity index (χ3v) is 3.98. The minimum Gasteiger partial charge on any atom is -0.263 e. The molecule has 20 heavy (non-hydrogen) atoms. The van der Waals surface area contributed by atoms with E-state index in [9.17, 15) is 0 Å². The first-order valence-corrected chi connectivity index (χ1v) is 6.98. The Morgan fingerprint density at radius 1 is 1.00 bits per heavy atom. The number of pyridine rings is 2. The molecule has 4 rings (SSSR count). The third kappa shape index (κ3) is 1.67. The highest BCUT2D eigenvalue weighted by molar-refractivity contribution is 7.00. The highest BCUT2D eigenvalue weighted by atomic mass is 32.1. The summed E-state index contributed by atoms with van der Waals surface area (Å²) in [6.07, 6.45) is 5.62. The van der Waals surface area contributed by atoms with Crippen molar-refractivity contribution in [2.45, 2.75) is 6.92 Å². The van der Waals surface area contributed by atoms with Gasteiger partial charge in [0.2, 0.25) is 0 Å². The number of hydrogen-bond donors (Lipinski definition) is 0. The summed E-state index contributed by atoms with van der Waals surface area (Å²) in [5, 5.41) is 2.35. The van der Waals surface area contributed by atoms with E-state index in [0.717, 1.165) is 16.6 Å². The van der Waals surface area contributed by atoms with E-state index >= 15 is 0 Å². The molecule has 4 nitrogen and oxygen atoms in total. The van der Waals surface area contributed by atoms with Crippen molar-refractivity contribution in [2.75, 3.05) is 0 Å². The zero-order chi connectivity index (χ0) is 13.5. The SMILES string of the molecule is Cc1cccc2c(-c3cnc4nsnc4c3)cncc12. The maximum atomic E-state index is 4.36. The summed E-state index contributed by atoms with van der Waals surface area (Å²) >= 11 is 1.18. The Hall–Kier alpha value is -2.40. The van der Waals surface area contributed by atoms with Crippen LogP contribution in [0.5, 0.6) is 0 Å². The summed E-state index contributed by atoms with van der Waals surface area (Å²) < 4.78 is 8.38. The zero-order valence-corrected chi connectivity index (χ0v) is 11.6. The van der Waals surface area contributed by atoms with Crippen molar-refractivity contribution in [3.63, 3.8) is 0 Å². The Morgan fingerprint density at radius 2 is 1.95 bits per heavy atom. The van der Waals surface area contributed by atoms with Crippen LogP contribution in [0, 0.1) is 6.92 Å². The predicted octanol–water partition coefficient (Wildman–Crippen LogP) is 3.61. The van der Waals surface area contributed by atoms with Crippen LogP contribution in [-0.2, 0) is 0 Å². The van der Waals surface area contributed by atoms with E-state index in [2.05, 4.69) is 43.8 Å². The molecule has 0 saturated carbocycles. The Kier molecular flexibility index (Phi) is 2.47. The Labute approximate surface area is 119 Å². The summed E-state index contributed by atoms with van der Waals surface area (Å²) in [6.45, 7) is 2.10. The van der Waals surface area contributed by atoms with Gasteiger partial charge in [-0.1, -0.05) is 18.2 Å². The van der Waals surface area contributed by atoms with Gasteiger partial charge in [0.05, 0.1) is 11.7 Å². The maximum Gasteiger partial charge on any atom is 0.193 e. The quantitative estimate of drug-likeness (QED) is 0.533. The van der Waals surface area contributed by atoms with Crippen LogP contribution in [0.2, 0.25) is 0 Å². The van der Waals surface area contributed by atoms with Crippen molar-refractivity contribution in [1.82, 2.24) is 18.7 Å². The average Bonchev–Trinajstić information content (AvgIpc) is 2.94. The van der Waals surface area contributed by atoms with Crippen LogP contribution in [0.4, 0.5) is 0 Å². The molecule has 0 fully saturated rings. The summed E-state index contributed by atoms with van der Waals surface area (Å²) in [4.78, 5) is 8.71. The molecule has 0 amide bonds. The van der Waals surface area contributed by atoms with E-state index in [4.69, 9.17) is 0 Å². The molecule has 96 valence electrons. The predicted molar refractivity (Wildman–Crippen MR) is 80.7 cm³/mol. The van der Waals surface area contributed by atoms with Crippen molar-refractivity contribution < 1.29 is 0 Å². The van der Waals surface area contributed by atoms with Crippen LogP contribution in [0.3, 0.4) is 0 Å². The smallest absolute Gasteiger partial charge is 0.193 e. The van der Waals surface area contributed by atoms with Gasteiger partial charge in [-0.2, -0.15) is 8.75 Å². The molecule has 5 heteroatoms. The fourth-order valence-corrected chi connectivity index (χ4v) is 2.89. The Morgan fingerprint density at radius 3 is 2.90 bits per heavy atom. The second kappa shape index (κ2) is 4.31. The highest BCUT2D eigenvalue weighted by Gasteiger charge is 2.08. The van der Waals surface area contributed by atoms with Gasteiger partial charge < -0.3 is 0 Å². The molecule has 0 unspecified atom stereocenters. The van der Waals surface area contributed by atoms with Crippen molar-refractivity contribution in [3.05, 3.63) is 48.4 Å². The fraction of sp³-hybridized carbons (Fsp3) is 0.0667. The largest absolute Gasteiger partial charge is 0.263 e. The molecule has 0 atom stereocenters. The van der Waals surface area contributed by atoms with Crippen LogP contribution in [0.15, 0.2) is 42.9 Å². The highest BCUT2D eigenvalue weighted by Crippen LogP contribution is 2.29. The minimum atomic E-state index is 0.697. The molecule has 0 N–H and O–H groups in total. The second-order valence-corrected chi connectivity index (χ2v) is 5.22. The first kappa shape index (κ1) is 11.4. The fourth-order valence-electron chi connectivity index (χ4n) is 2.41. The number of benzene rings is 1. The topological polar surface area (TPSA) is 51.6 Å². The second-order valence-electron chi connectivity index (χ2n) is 4.69. The molecule has 0 radical (unpaired) electrons. The molecule has 4 aromatic rings. The number of fused-ring (bicyclic) bond motifs is 2. The first-order valence-electron chi connectivity index (χ1n) is 6.25. The lowest BCUT2D eigenvalue weighted by Gasteiger charge is -2.07. The minimum absolute atomic E-state index is 0.697. The molecule has 3 heterocycles. The number of nitrogens with zero attached hydrogens (tertiary/aromatic N) is 4. The van der Waals surface area contributed by atoms with Crippen LogP contribution in [0.25, 0.3) is 33.1 Å². The van der Waals surface area contributed by atoms with Crippen LogP contribution < -0.4 is 0 Å². The van der Waals surface area contributed by atoms with Gasteiger partial charge in [-0.25, -0.2) is 4.98 Å². The van der Waals surface area contributed by atoms with Crippen molar-refractivity contribution >= 4 is 33.7 Å². The molecule has 0 bridgehead atoms. The molecule has 0 spiro atoms. The van der Waals surface area contributed by atoms with Gasteiger partial charge in [0.25, 0.3) is 0 Å². The van der Waals surface area contributed by atoms with Crippen molar-refractivity contribution in [1.29, 1.82) is 0 Å². The van der Waals surface area contributed by atoms with Gasteiger partial charge in [0.1, 0.15) is 5.52 Å². The van der Waals surface area contributed by atoms with E-state index in [1.165, 1.54) is 28.1 Å². The van der Waals surface area contributed by atoms with Gasteiger partial charge in [0, 0.05) is 35.1 Å². The lowest BCUT2D eigenvalue weighted by atomic mass is 10.00. The maximum absolute atomic E-state index is 4.36. The zero-order valence-electron chi connectivity index (χ0n) is 10.7. The van der Waals surface area contributed by atoms with E-state index in [1.807, 2.05) is 24.7 Å². The molecular weight excluding hydrogens is 268 g/mol. The molecular formula is C15H10N4S. The van der Waals surface area contributed by atoms with E-state index < -0.39 is 0 Å². The Balaban J connectivity index is 2.04. The number of aryl methyl sites for hydroxylation is 1. The number of hydrogen-bond acceptors (Lipinski definition) is 5. The van der Waals surface area contributed by atoms with E-state index in [0.29, 0.717) is 5.65 Å². The van der Waals surface area contributed by atoms with Gasteiger partial charge in [-0.05, 0) is 23.9 Å². The van der Waals surface area contributed by atoms with Gasteiger partial charge in [-0.3, -0.25) is 4.98 Å². The molecule has 0 aliphatic heterocycles. The molecule has 0 saturated heterocycles. The monoisotopic (exact) mass is 278 g/mol. The summed E-state index contributed by atoms with van der Waals surface area (Å²) in [5.74, 6) is 0. The van der Waals surface area contributed by atoms with E-state index in [-0.39, 0.29) is 0 Å². The lowest BCUT2D eigenvalue weighted by molar-refractivity contribution is 1.33. The standard InChI is InChI=1S/C15H10N4S/c1-9-3-2-4-11-12(9)7-16-8-13(11)10-5-14-15(17-6-10)19-20-18-14/h2-8H,1H3. The number of rotatable bonds is 1. The first-order chi connectivity index (χ1) is 9.83. The molecule has 3 aromatic heterocycles. The average molecular weight is 278 g/mol. The Bertz CT molecular complexity index is 929. The normalized spacial score (nSPS) is 11.2.